The zero-order valence-corrected chi connectivity index (χ0v) is 14.1. The van der Waals surface area contributed by atoms with Crippen LogP contribution in [0.5, 0.6) is 11.5 Å². The number of nitrogens with one attached hydrogen (secondary N) is 1. The minimum Gasteiger partial charge on any atom is -0.493 e. The number of methoxy groups -OCH3 is 2. The van der Waals surface area contributed by atoms with Crippen LogP contribution in [0.3, 0.4) is 0 Å². The maximum absolute atomic E-state index is 11.8. The van der Waals surface area contributed by atoms with Gasteiger partial charge in [0.1, 0.15) is 0 Å². The van der Waals surface area contributed by atoms with E-state index in [1.54, 1.807) is 14.2 Å². The molecule has 0 saturated carbocycles. The number of hydrogen-bond acceptors (Lipinski definition) is 5. The molecular weight excluding hydrogens is 308 g/mol. The minimum absolute atomic E-state index is 0. The Morgan fingerprint density at radius 2 is 2.05 bits per heavy atom. The van der Waals surface area contributed by atoms with Crippen molar-refractivity contribution < 1.29 is 19.0 Å². The van der Waals surface area contributed by atoms with E-state index in [1.807, 2.05) is 25.1 Å². The van der Waals surface area contributed by atoms with Gasteiger partial charge in [-0.1, -0.05) is 6.07 Å². The highest BCUT2D eigenvalue weighted by Gasteiger charge is 2.11. The monoisotopic (exact) mass is 332 g/mol. The normalized spacial score (nSPS) is 11.3. The Bertz CT molecular complexity index is 453. The predicted octanol–water partition coefficient (Wildman–Crippen LogP) is 1.50. The first-order chi connectivity index (χ1) is 10.1. The number of rotatable bonds is 9. The van der Waals surface area contributed by atoms with Gasteiger partial charge in [-0.15, -0.1) is 12.4 Å². The van der Waals surface area contributed by atoms with E-state index in [0.717, 1.165) is 5.56 Å². The van der Waals surface area contributed by atoms with Crippen molar-refractivity contribution >= 4 is 18.3 Å². The zero-order valence-electron chi connectivity index (χ0n) is 13.3. The van der Waals surface area contributed by atoms with Crippen molar-refractivity contribution in [1.82, 2.24) is 5.32 Å². The molecule has 126 valence electrons. The van der Waals surface area contributed by atoms with Gasteiger partial charge in [0, 0.05) is 20.2 Å². The lowest BCUT2D eigenvalue weighted by Crippen LogP contribution is -2.31. The fourth-order valence-electron chi connectivity index (χ4n) is 1.84. The van der Waals surface area contributed by atoms with Crippen LogP contribution in [0.1, 0.15) is 18.9 Å². The Morgan fingerprint density at radius 3 is 2.59 bits per heavy atom. The molecule has 0 fully saturated rings. The van der Waals surface area contributed by atoms with E-state index < -0.39 is 0 Å². The molecule has 0 aliphatic carbocycles. The molecule has 3 N–H and O–H groups in total. The number of halogens is 1. The van der Waals surface area contributed by atoms with Crippen LogP contribution in [0.4, 0.5) is 0 Å². The zero-order chi connectivity index (χ0) is 15.7. The molecule has 0 heterocycles. The Labute approximate surface area is 137 Å². The highest BCUT2D eigenvalue weighted by molar-refractivity contribution is 5.85. The molecule has 0 aliphatic heterocycles. The molecule has 6 nitrogen and oxygen atoms in total. The van der Waals surface area contributed by atoms with Crippen LogP contribution in [-0.4, -0.2) is 39.4 Å². The molecule has 0 aliphatic rings. The van der Waals surface area contributed by atoms with E-state index in [9.17, 15) is 4.79 Å². The number of hydrogen-bond donors (Lipinski definition) is 2. The molecule has 1 aromatic carbocycles. The second kappa shape index (κ2) is 11.1. The highest BCUT2D eigenvalue weighted by atomic mass is 35.5. The highest BCUT2D eigenvalue weighted by Crippen LogP contribution is 2.27. The summed E-state index contributed by atoms with van der Waals surface area (Å²) in [4.78, 5) is 11.8. The fourth-order valence-corrected chi connectivity index (χ4v) is 1.84. The van der Waals surface area contributed by atoms with Crippen molar-refractivity contribution in [1.29, 1.82) is 0 Å². The lowest BCUT2D eigenvalue weighted by Gasteiger charge is -2.14. The van der Waals surface area contributed by atoms with Crippen LogP contribution >= 0.6 is 12.4 Å². The largest absolute Gasteiger partial charge is 0.493 e. The molecule has 7 heteroatoms. The summed E-state index contributed by atoms with van der Waals surface area (Å²) in [5, 5.41) is 2.83. The van der Waals surface area contributed by atoms with Gasteiger partial charge in [0.25, 0.3) is 0 Å². The molecule has 1 amide bonds. The van der Waals surface area contributed by atoms with E-state index in [4.69, 9.17) is 19.9 Å². The summed E-state index contributed by atoms with van der Waals surface area (Å²) in [6.07, 6.45) is 0.00103. The molecule has 1 aromatic rings. The molecule has 0 radical (unpaired) electrons. The van der Waals surface area contributed by atoms with Gasteiger partial charge in [-0.2, -0.15) is 0 Å². The summed E-state index contributed by atoms with van der Waals surface area (Å²) in [6, 6.07) is 5.58. The van der Waals surface area contributed by atoms with Crippen molar-refractivity contribution in [2.24, 2.45) is 5.73 Å². The molecule has 1 atom stereocenters. The van der Waals surface area contributed by atoms with Crippen molar-refractivity contribution in [2.45, 2.75) is 26.0 Å². The van der Waals surface area contributed by atoms with Gasteiger partial charge in [-0.25, -0.2) is 0 Å². The average Bonchev–Trinajstić information content (AvgIpc) is 2.51. The Morgan fingerprint density at radius 1 is 1.32 bits per heavy atom. The first-order valence-electron chi connectivity index (χ1n) is 6.93. The summed E-state index contributed by atoms with van der Waals surface area (Å²) in [7, 11) is 3.13. The van der Waals surface area contributed by atoms with Crippen LogP contribution in [0, 0.1) is 0 Å². The predicted molar refractivity (Wildman–Crippen MR) is 87.7 cm³/mol. The van der Waals surface area contributed by atoms with E-state index in [2.05, 4.69) is 5.32 Å². The Balaban J connectivity index is 0.00000441. The molecule has 0 saturated heterocycles. The number of benzene rings is 1. The molecule has 0 spiro atoms. The van der Waals surface area contributed by atoms with Crippen LogP contribution in [0.15, 0.2) is 18.2 Å². The summed E-state index contributed by atoms with van der Waals surface area (Å²) in [5.74, 6) is 1.25. The van der Waals surface area contributed by atoms with Crippen LogP contribution in [0.25, 0.3) is 0 Å². The molecule has 0 aromatic heterocycles. The van der Waals surface area contributed by atoms with Crippen molar-refractivity contribution in [3.05, 3.63) is 23.8 Å². The second-order valence-electron chi connectivity index (χ2n) is 4.49. The van der Waals surface area contributed by atoms with Gasteiger partial charge in [-0.3, -0.25) is 4.79 Å². The third-order valence-electron chi connectivity index (χ3n) is 3.03. The van der Waals surface area contributed by atoms with Gasteiger partial charge < -0.3 is 25.3 Å². The standard InChI is InChI=1S/C15H24N2O4.ClH/c1-4-21-13-6-5-11(7-14(13)20-3)10-17-15(18)8-12(9-16)19-2;/h5-7,12H,4,8-10,16H2,1-3H3,(H,17,18);1H. The Kier molecular flexibility index (Phi) is 10.4. The third-order valence-corrected chi connectivity index (χ3v) is 3.03. The number of ether oxygens (including phenoxy) is 3. The maximum atomic E-state index is 11.8. The molecule has 1 unspecified atom stereocenters. The first kappa shape index (κ1) is 20.5. The Hall–Kier alpha value is -1.50. The number of carbonyl (C=O) groups excluding carboxylic acids is 1. The van der Waals surface area contributed by atoms with Crippen molar-refractivity contribution in [2.75, 3.05) is 27.4 Å². The van der Waals surface area contributed by atoms with Crippen LogP contribution < -0.4 is 20.5 Å². The van der Waals surface area contributed by atoms with Gasteiger partial charge in [0.05, 0.1) is 26.2 Å². The number of nitrogens with two attached hydrogens (primary N) is 1. The van der Waals surface area contributed by atoms with Crippen molar-refractivity contribution in [3.63, 3.8) is 0 Å². The molecular formula is C15H25ClN2O4. The van der Waals surface area contributed by atoms with Gasteiger partial charge in [0.15, 0.2) is 11.5 Å². The second-order valence-corrected chi connectivity index (χ2v) is 4.49. The van der Waals surface area contributed by atoms with Crippen LogP contribution in [-0.2, 0) is 16.1 Å². The maximum Gasteiger partial charge on any atom is 0.222 e. The smallest absolute Gasteiger partial charge is 0.222 e. The van der Waals surface area contributed by atoms with E-state index in [-0.39, 0.29) is 30.8 Å². The average molecular weight is 333 g/mol. The lowest BCUT2D eigenvalue weighted by atomic mass is 10.2. The fraction of sp³-hybridized carbons (Fsp3) is 0.533. The van der Waals surface area contributed by atoms with E-state index in [0.29, 0.717) is 31.2 Å². The topological polar surface area (TPSA) is 82.8 Å². The third kappa shape index (κ3) is 6.51. The summed E-state index contributed by atoms with van der Waals surface area (Å²) < 4.78 is 15.8. The van der Waals surface area contributed by atoms with Crippen LogP contribution in [0.2, 0.25) is 0 Å². The SMILES string of the molecule is CCOc1ccc(CNC(=O)CC(CN)OC)cc1OC.Cl. The summed E-state index contributed by atoms with van der Waals surface area (Å²) in [5.41, 5.74) is 6.42. The number of amides is 1. The minimum atomic E-state index is -0.250. The van der Waals surface area contributed by atoms with Gasteiger partial charge in [0.2, 0.25) is 5.91 Å². The number of carbonyl (C=O) groups is 1. The van der Waals surface area contributed by atoms with Gasteiger partial charge >= 0.3 is 0 Å². The molecule has 1 rings (SSSR count). The quantitative estimate of drug-likeness (QED) is 0.716. The molecule has 22 heavy (non-hydrogen) atoms. The lowest BCUT2D eigenvalue weighted by molar-refractivity contribution is -0.123. The summed E-state index contributed by atoms with van der Waals surface area (Å²) in [6.45, 7) is 3.23. The first-order valence-corrected chi connectivity index (χ1v) is 6.93. The summed E-state index contributed by atoms with van der Waals surface area (Å²) >= 11 is 0. The van der Waals surface area contributed by atoms with E-state index >= 15 is 0 Å². The van der Waals surface area contributed by atoms with Gasteiger partial charge in [-0.05, 0) is 24.6 Å². The van der Waals surface area contributed by atoms with Crippen molar-refractivity contribution in [3.8, 4) is 11.5 Å². The van der Waals surface area contributed by atoms with E-state index in [1.165, 1.54) is 0 Å². The molecule has 0 bridgehead atoms.